The first-order valence-corrected chi connectivity index (χ1v) is 12.5. The molecule has 4 aromatic rings. The zero-order valence-electron chi connectivity index (χ0n) is 21.6. The maximum absolute atomic E-state index is 13.3. The molecule has 6 heteroatoms. The van der Waals surface area contributed by atoms with Crippen LogP contribution < -0.4 is 5.32 Å². The lowest BCUT2D eigenvalue weighted by molar-refractivity contribution is -0.138. The van der Waals surface area contributed by atoms with E-state index in [1.165, 1.54) is 6.92 Å². The summed E-state index contributed by atoms with van der Waals surface area (Å²) in [6.45, 7) is 5.36. The van der Waals surface area contributed by atoms with Gasteiger partial charge in [-0.1, -0.05) is 60.7 Å². The Morgan fingerprint density at radius 1 is 0.842 bits per heavy atom. The smallest absolute Gasteiger partial charge is 0.325 e. The minimum Gasteiger partial charge on any atom is -0.480 e. The highest BCUT2D eigenvalue weighted by atomic mass is 16.4. The molecule has 6 nitrogen and oxygen atoms in total. The first kappa shape index (κ1) is 26.5. The number of rotatable bonds is 9. The molecule has 4 rings (SSSR count). The molecular formula is C32H30N2O4. The van der Waals surface area contributed by atoms with Gasteiger partial charge in [-0.25, -0.2) is 0 Å². The number of nitrogens with zero attached hydrogens (tertiary/aromatic N) is 1. The summed E-state index contributed by atoms with van der Waals surface area (Å²) in [5.41, 5.74) is 7.05. The second-order valence-corrected chi connectivity index (χ2v) is 9.46. The van der Waals surface area contributed by atoms with Gasteiger partial charge >= 0.3 is 5.97 Å². The average Bonchev–Trinajstić information content (AvgIpc) is 2.92. The van der Waals surface area contributed by atoms with Gasteiger partial charge in [0.2, 0.25) is 0 Å². The highest BCUT2D eigenvalue weighted by Gasteiger charge is 2.21. The molecule has 1 aromatic heterocycles. The minimum atomic E-state index is -1.09. The number of hydrogen-bond acceptors (Lipinski definition) is 4. The van der Waals surface area contributed by atoms with E-state index in [4.69, 9.17) is 5.11 Å². The number of nitrogens with one attached hydrogen (secondary N) is 1. The molecule has 1 heterocycles. The zero-order chi connectivity index (χ0) is 27.2. The predicted octanol–water partition coefficient (Wildman–Crippen LogP) is 5.97. The van der Waals surface area contributed by atoms with Crippen molar-refractivity contribution < 1.29 is 19.5 Å². The molecule has 0 aliphatic carbocycles. The quantitative estimate of drug-likeness (QED) is 0.273. The highest BCUT2D eigenvalue weighted by Crippen LogP contribution is 2.33. The summed E-state index contributed by atoms with van der Waals surface area (Å²) < 4.78 is 0. The molecule has 0 bridgehead atoms. The molecule has 192 valence electrons. The van der Waals surface area contributed by atoms with Crippen LogP contribution in [0.25, 0.3) is 11.1 Å². The van der Waals surface area contributed by atoms with E-state index in [0.29, 0.717) is 17.5 Å². The summed E-state index contributed by atoms with van der Waals surface area (Å²) in [5.74, 6) is -1.55. The second-order valence-electron chi connectivity index (χ2n) is 9.46. The van der Waals surface area contributed by atoms with Crippen LogP contribution in [0.3, 0.4) is 0 Å². The molecule has 38 heavy (non-hydrogen) atoms. The van der Waals surface area contributed by atoms with Crippen molar-refractivity contribution in [3.63, 3.8) is 0 Å². The molecule has 0 unspecified atom stereocenters. The van der Waals surface area contributed by atoms with Crippen molar-refractivity contribution in [3.05, 3.63) is 125 Å². The number of amides is 1. The summed E-state index contributed by atoms with van der Waals surface area (Å²) in [7, 11) is 0. The fraction of sp³-hybridized carbons (Fsp3) is 0.188. The monoisotopic (exact) mass is 506 g/mol. The number of aryl methyl sites for hydroxylation is 2. The Morgan fingerprint density at radius 3 is 2.08 bits per heavy atom. The van der Waals surface area contributed by atoms with Crippen LogP contribution in [0.5, 0.6) is 0 Å². The Hall–Kier alpha value is -4.58. The third-order valence-electron chi connectivity index (χ3n) is 6.68. The van der Waals surface area contributed by atoms with Crippen molar-refractivity contribution in [1.82, 2.24) is 10.3 Å². The van der Waals surface area contributed by atoms with Gasteiger partial charge in [-0.15, -0.1) is 0 Å². The SMILES string of the molecule is Cc1cc(C(=O)C[C@@H](c2ccc(-c3ccc(C(=O)N[C@@H](C)C(=O)O)cc3)cc2)c2ccccc2C)ccn1. The van der Waals surface area contributed by atoms with Crippen LogP contribution in [-0.2, 0) is 4.79 Å². The largest absolute Gasteiger partial charge is 0.480 e. The number of carbonyl (C=O) groups excluding carboxylic acids is 2. The van der Waals surface area contributed by atoms with Gasteiger partial charge in [-0.2, -0.15) is 0 Å². The minimum absolute atomic E-state index is 0.0684. The fourth-order valence-corrected chi connectivity index (χ4v) is 4.47. The van der Waals surface area contributed by atoms with Crippen molar-refractivity contribution in [2.24, 2.45) is 0 Å². The van der Waals surface area contributed by atoms with E-state index in [2.05, 4.69) is 29.4 Å². The summed E-state index contributed by atoms with van der Waals surface area (Å²) in [6, 6.07) is 25.9. The summed E-state index contributed by atoms with van der Waals surface area (Å²) in [6.07, 6.45) is 2.01. The van der Waals surface area contributed by atoms with Crippen LogP contribution in [0.1, 0.15) is 62.4 Å². The van der Waals surface area contributed by atoms with E-state index in [-0.39, 0.29) is 11.7 Å². The Labute approximate surface area is 222 Å². The molecule has 0 spiro atoms. The average molecular weight is 507 g/mol. The first-order chi connectivity index (χ1) is 18.2. The summed E-state index contributed by atoms with van der Waals surface area (Å²) in [5, 5.41) is 11.5. The Morgan fingerprint density at radius 2 is 1.47 bits per heavy atom. The first-order valence-electron chi connectivity index (χ1n) is 12.5. The second kappa shape index (κ2) is 11.6. The molecule has 0 fully saturated rings. The number of carboxylic acids is 1. The van der Waals surface area contributed by atoms with Gasteiger partial charge in [0.05, 0.1) is 0 Å². The van der Waals surface area contributed by atoms with Crippen molar-refractivity contribution in [2.75, 3.05) is 0 Å². The molecule has 0 radical (unpaired) electrons. The van der Waals surface area contributed by atoms with Crippen LogP contribution in [0.15, 0.2) is 91.1 Å². The van der Waals surface area contributed by atoms with Gasteiger partial charge < -0.3 is 10.4 Å². The lowest BCUT2D eigenvalue weighted by Crippen LogP contribution is -2.38. The van der Waals surface area contributed by atoms with E-state index < -0.39 is 17.9 Å². The molecule has 0 saturated heterocycles. The maximum Gasteiger partial charge on any atom is 0.325 e. The normalized spacial score (nSPS) is 12.4. The number of ketones is 1. The number of carboxylic acid groups (broad SMARTS) is 1. The molecule has 0 saturated carbocycles. The van der Waals surface area contributed by atoms with E-state index in [1.807, 2.05) is 61.5 Å². The van der Waals surface area contributed by atoms with Crippen molar-refractivity contribution in [1.29, 1.82) is 0 Å². The third-order valence-corrected chi connectivity index (χ3v) is 6.68. The van der Waals surface area contributed by atoms with Gasteiger partial charge in [-0.05, 0) is 72.9 Å². The van der Waals surface area contributed by atoms with Crippen molar-refractivity contribution in [3.8, 4) is 11.1 Å². The van der Waals surface area contributed by atoms with Gasteiger partial charge in [0, 0.05) is 35.4 Å². The number of hydrogen-bond donors (Lipinski definition) is 2. The summed E-state index contributed by atoms with van der Waals surface area (Å²) in [4.78, 5) is 40.7. The Bertz CT molecular complexity index is 1460. The van der Waals surface area contributed by atoms with Gasteiger partial charge in [0.15, 0.2) is 5.78 Å². The maximum atomic E-state index is 13.3. The van der Waals surface area contributed by atoms with Gasteiger partial charge in [0.25, 0.3) is 5.91 Å². The number of aromatic nitrogens is 1. The lowest BCUT2D eigenvalue weighted by Gasteiger charge is -2.20. The van der Waals surface area contributed by atoms with Crippen molar-refractivity contribution >= 4 is 17.7 Å². The van der Waals surface area contributed by atoms with Crippen molar-refractivity contribution in [2.45, 2.75) is 39.2 Å². The van der Waals surface area contributed by atoms with Gasteiger partial charge in [0.1, 0.15) is 6.04 Å². The molecule has 2 N–H and O–H groups in total. The Balaban J connectivity index is 1.58. The Kier molecular flexibility index (Phi) is 8.12. The summed E-state index contributed by atoms with van der Waals surface area (Å²) >= 11 is 0. The highest BCUT2D eigenvalue weighted by molar-refractivity contribution is 5.97. The van der Waals surface area contributed by atoms with E-state index >= 15 is 0 Å². The topological polar surface area (TPSA) is 96.4 Å². The van der Waals surface area contributed by atoms with Crippen LogP contribution in [0, 0.1) is 13.8 Å². The van der Waals surface area contributed by atoms with Crippen LogP contribution in [0.4, 0.5) is 0 Å². The number of pyridine rings is 1. The molecule has 1 amide bonds. The van der Waals surface area contributed by atoms with E-state index in [0.717, 1.165) is 33.5 Å². The van der Waals surface area contributed by atoms with Crippen LogP contribution in [0.2, 0.25) is 0 Å². The van der Waals surface area contributed by atoms with E-state index in [9.17, 15) is 14.4 Å². The number of benzene rings is 3. The lowest BCUT2D eigenvalue weighted by atomic mass is 9.83. The number of Topliss-reactive ketones (excluding diaryl/α,β-unsaturated/α-hetero) is 1. The van der Waals surface area contributed by atoms with Crippen LogP contribution >= 0.6 is 0 Å². The third kappa shape index (κ3) is 6.21. The fourth-order valence-electron chi connectivity index (χ4n) is 4.47. The zero-order valence-corrected chi connectivity index (χ0v) is 21.6. The van der Waals surface area contributed by atoms with E-state index in [1.54, 1.807) is 24.4 Å². The van der Waals surface area contributed by atoms with Crippen LogP contribution in [-0.4, -0.2) is 33.8 Å². The standard InChI is InChI=1S/C32H30N2O4/c1-20-6-4-5-7-28(20)29(19-30(35)27-16-17-33-21(2)18-27)25-12-8-23(9-13-25)24-10-14-26(15-11-24)31(36)34-22(3)32(37)38/h4-18,22,29H,19H2,1-3H3,(H,34,36)(H,37,38)/t22-,29-/m0/s1. The molecule has 3 aromatic carbocycles. The molecule has 0 aliphatic rings. The number of aliphatic carboxylic acids is 1. The molecule has 0 aliphatic heterocycles. The van der Waals surface area contributed by atoms with Gasteiger partial charge in [-0.3, -0.25) is 19.4 Å². The number of carbonyl (C=O) groups is 3. The predicted molar refractivity (Wildman–Crippen MR) is 147 cm³/mol. The molecular weight excluding hydrogens is 476 g/mol. The molecule has 2 atom stereocenters.